The summed E-state index contributed by atoms with van der Waals surface area (Å²) in [4.78, 5) is 28.0. The van der Waals surface area contributed by atoms with E-state index in [1.165, 1.54) is 0 Å². The molecule has 1 N–H and O–H groups in total. The van der Waals surface area contributed by atoms with Gasteiger partial charge in [0.1, 0.15) is 5.75 Å². The molecule has 0 aromatic heterocycles. The van der Waals surface area contributed by atoms with Crippen molar-refractivity contribution in [3.8, 4) is 5.75 Å². The van der Waals surface area contributed by atoms with E-state index in [4.69, 9.17) is 16.3 Å². The molecule has 1 fully saturated rings. The minimum absolute atomic E-state index is 0.0423. The first-order valence-electron chi connectivity index (χ1n) is 10.1. The number of thioether (sulfide) groups is 1. The monoisotopic (exact) mass is 446 g/mol. The number of hydrogen-bond donors (Lipinski definition) is 1. The van der Waals surface area contributed by atoms with Crippen LogP contribution in [0.4, 0.5) is 5.69 Å². The van der Waals surface area contributed by atoms with Crippen molar-refractivity contribution in [1.82, 2.24) is 4.90 Å². The summed E-state index contributed by atoms with van der Waals surface area (Å²) in [7, 11) is 1.55. The Morgan fingerprint density at radius 1 is 1.23 bits per heavy atom. The number of nitrogens with zero attached hydrogens (tertiary/aromatic N) is 1. The van der Waals surface area contributed by atoms with Crippen LogP contribution in [0.15, 0.2) is 53.4 Å². The van der Waals surface area contributed by atoms with E-state index in [9.17, 15) is 9.59 Å². The second kappa shape index (κ2) is 11.3. The van der Waals surface area contributed by atoms with Gasteiger partial charge in [-0.2, -0.15) is 0 Å². The van der Waals surface area contributed by atoms with Crippen LogP contribution in [0.2, 0.25) is 5.02 Å². The van der Waals surface area contributed by atoms with Crippen molar-refractivity contribution in [2.45, 2.75) is 30.6 Å². The van der Waals surface area contributed by atoms with Crippen molar-refractivity contribution >= 4 is 40.9 Å². The van der Waals surface area contributed by atoms with Crippen LogP contribution in [0.5, 0.6) is 5.75 Å². The quantitative estimate of drug-likeness (QED) is 0.573. The van der Waals surface area contributed by atoms with E-state index in [2.05, 4.69) is 5.32 Å². The summed E-state index contributed by atoms with van der Waals surface area (Å²) >= 11 is 7.68. The highest BCUT2D eigenvalue weighted by Gasteiger charge is 2.24. The van der Waals surface area contributed by atoms with Crippen molar-refractivity contribution in [2.24, 2.45) is 5.92 Å². The maximum Gasteiger partial charge on any atom is 0.232 e. The average Bonchev–Trinajstić information content (AvgIpc) is 2.77. The van der Waals surface area contributed by atoms with E-state index in [0.29, 0.717) is 34.6 Å². The molecule has 1 aliphatic rings. The standard InChI is InChI=1S/C23H27ClN2O3S/c1-29-21-11-10-18(14-20(21)24)25-22(27)12-9-17-6-5-13-26(15-17)23(28)16-30-19-7-3-2-4-8-19/h2-4,7-8,10-11,14,17H,5-6,9,12-13,15-16H2,1H3,(H,25,27). The third kappa shape index (κ3) is 6.67. The second-order valence-electron chi connectivity index (χ2n) is 7.39. The van der Waals surface area contributed by atoms with Crippen molar-refractivity contribution in [3.05, 3.63) is 53.6 Å². The number of rotatable bonds is 8. The molecule has 2 aromatic rings. The van der Waals surface area contributed by atoms with Crippen LogP contribution < -0.4 is 10.1 Å². The number of likely N-dealkylation sites (tertiary alicyclic amines) is 1. The number of nitrogens with one attached hydrogen (secondary N) is 1. The highest BCUT2D eigenvalue weighted by molar-refractivity contribution is 8.00. The largest absolute Gasteiger partial charge is 0.495 e. The molecule has 1 atom stereocenters. The number of carbonyl (C=O) groups excluding carboxylic acids is 2. The van der Waals surface area contributed by atoms with Gasteiger partial charge >= 0.3 is 0 Å². The van der Waals surface area contributed by atoms with Crippen LogP contribution in [0.1, 0.15) is 25.7 Å². The SMILES string of the molecule is COc1ccc(NC(=O)CCC2CCCN(C(=O)CSc3ccccc3)C2)cc1Cl. The molecule has 0 spiro atoms. The molecule has 1 unspecified atom stereocenters. The predicted octanol–water partition coefficient (Wildman–Crippen LogP) is 5.10. The summed E-state index contributed by atoms with van der Waals surface area (Å²) in [5, 5.41) is 3.35. The first-order valence-corrected chi connectivity index (χ1v) is 11.5. The number of hydrogen-bond acceptors (Lipinski definition) is 4. The molecule has 5 nitrogen and oxygen atoms in total. The summed E-state index contributed by atoms with van der Waals surface area (Å²) in [6.45, 7) is 1.54. The highest BCUT2D eigenvalue weighted by Crippen LogP contribution is 2.28. The molecule has 0 aliphatic carbocycles. The number of methoxy groups -OCH3 is 1. The Labute approximate surface area is 187 Å². The molecule has 0 saturated carbocycles. The molecule has 0 radical (unpaired) electrons. The average molecular weight is 447 g/mol. The Morgan fingerprint density at radius 2 is 2.03 bits per heavy atom. The van der Waals surface area contributed by atoms with Gasteiger partial charge < -0.3 is 15.0 Å². The molecular weight excluding hydrogens is 420 g/mol. The van der Waals surface area contributed by atoms with Gasteiger partial charge in [-0.15, -0.1) is 11.8 Å². The maximum absolute atomic E-state index is 12.6. The van der Waals surface area contributed by atoms with Gasteiger partial charge in [0.2, 0.25) is 11.8 Å². The van der Waals surface area contributed by atoms with Gasteiger partial charge in [0.05, 0.1) is 17.9 Å². The zero-order chi connectivity index (χ0) is 21.3. The molecule has 2 amide bonds. The Balaban J connectivity index is 1.42. The van der Waals surface area contributed by atoms with Gasteiger partial charge in [0.15, 0.2) is 0 Å². The fraction of sp³-hybridized carbons (Fsp3) is 0.391. The Morgan fingerprint density at radius 3 is 2.77 bits per heavy atom. The third-order valence-electron chi connectivity index (χ3n) is 5.19. The summed E-state index contributed by atoms with van der Waals surface area (Å²) in [5.41, 5.74) is 0.657. The number of anilines is 1. The molecule has 3 rings (SSSR count). The topological polar surface area (TPSA) is 58.6 Å². The van der Waals surface area contributed by atoms with Crippen LogP contribution in [0.25, 0.3) is 0 Å². The van der Waals surface area contributed by atoms with Crippen LogP contribution in [-0.2, 0) is 9.59 Å². The fourth-order valence-corrected chi connectivity index (χ4v) is 4.66. The maximum atomic E-state index is 12.6. The minimum Gasteiger partial charge on any atom is -0.495 e. The number of piperidine rings is 1. The zero-order valence-electron chi connectivity index (χ0n) is 17.1. The minimum atomic E-state index is -0.0423. The van der Waals surface area contributed by atoms with E-state index in [1.54, 1.807) is 37.1 Å². The third-order valence-corrected chi connectivity index (χ3v) is 6.48. The summed E-state index contributed by atoms with van der Waals surface area (Å²) in [6.07, 6.45) is 3.24. The predicted molar refractivity (Wildman–Crippen MR) is 122 cm³/mol. The van der Waals surface area contributed by atoms with Crippen LogP contribution in [0.3, 0.4) is 0 Å². The van der Waals surface area contributed by atoms with E-state index in [-0.39, 0.29) is 11.8 Å². The van der Waals surface area contributed by atoms with Crippen molar-refractivity contribution < 1.29 is 14.3 Å². The van der Waals surface area contributed by atoms with E-state index in [0.717, 1.165) is 37.2 Å². The van der Waals surface area contributed by atoms with E-state index >= 15 is 0 Å². The molecule has 2 aromatic carbocycles. The molecule has 1 aliphatic heterocycles. The molecule has 7 heteroatoms. The molecular formula is C23H27ClN2O3S. The van der Waals surface area contributed by atoms with Crippen molar-refractivity contribution in [3.63, 3.8) is 0 Å². The lowest BCUT2D eigenvalue weighted by atomic mass is 9.93. The van der Waals surface area contributed by atoms with Crippen LogP contribution in [-0.4, -0.2) is 42.7 Å². The number of benzene rings is 2. The van der Waals surface area contributed by atoms with E-state index in [1.807, 2.05) is 35.2 Å². The first-order chi connectivity index (χ1) is 14.5. The Kier molecular flexibility index (Phi) is 8.46. The molecule has 1 saturated heterocycles. The fourth-order valence-electron chi connectivity index (χ4n) is 3.58. The lowest BCUT2D eigenvalue weighted by molar-refractivity contribution is -0.130. The molecule has 30 heavy (non-hydrogen) atoms. The lowest BCUT2D eigenvalue weighted by Crippen LogP contribution is -2.41. The highest BCUT2D eigenvalue weighted by atomic mass is 35.5. The smallest absolute Gasteiger partial charge is 0.232 e. The number of amides is 2. The van der Waals surface area contributed by atoms with Crippen LogP contribution in [0, 0.1) is 5.92 Å². The van der Waals surface area contributed by atoms with Gasteiger partial charge in [-0.05, 0) is 55.5 Å². The lowest BCUT2D eigenvalue weighted by Gasteiger charge is -2.32. The Bertz CT molecular complexity index is 863. The number of ether oxygens (including phenoxy) is 1. The normalized spacial score (nSPS) is 16.2. The Hall–Kier alpha value is -2.18. The number of halogens is 1. The van der Waals surface area contributed by atoms with Gasteiger partial charge in [0, 0.05) is 30.1 Å². The molecule has 0 bridgehead atoms. The summed E-state index contributed by atoms with van der Waals surface area (Å²) in [6, 6.07) is 15.2. The summed E-state index contributed by atoms with van der Waals surface area (Å²) < 4.78 is 5.13. The summed E-state index contributed by atoms with van der Waals surface area (Å²) in [5.74, 6) is 1.52. The molecule has 160 valence electrons. The van der Waals surface area contributed by atoms with Gasteiger partial charge in [-0.25, -0.2) is 0 Å². The number of carbonyl (C=O) groups is 2. The van der Waals surface area contributed by atoms with Gasteiger partial charge in [-0.1, -0.05) is 29.8 Å². The van der Waals surface area contributed by atoms with Crippen LogP contribution >= 0.6 is 23.4 Å². The van der Waals surface area contributed by atoms with Gasteiger partial charge in [0.25, 0.3) is 0 Å². The first kappa shape index (κ1) is 22.5. The second-order valence-corrected chi connectivity index (χ2v) is 8.84. The van der Waals surface area contributed by atoms with Crippen molar-refractivity contribution in [2.75, 3.05) is 31.3 Å². The van der Waals surface area contributed by atoms with Crippen molar-refractivity contribution in [1.29, 1.82) is 0 Å². The van der Waals surface area contributed by atoms with E-state index < -0.39 is 0 Å². The van der Waals surface area contributed by atoms with Gasteiger partial charge in [-0.3, -0.25) is 9.59 Å². The zero-order valence-corrected chi connectivity index (χ0v) is 18.7. The molecule has 1 heterocycles.